The van der Waals surface area contributed by atoms with E-state index in [1.165, 1.54) is 62.5 Å². The zero-order valence-electron chi connectivity index (χ0n) is 18.7. The summed E-state index contributed by atoms with van der Waals surface area (Å²) < 4.78 is 7.42. The van der Waals surface area contributed by atoms with Gasteiger partial charge >= 0.3 is 5.97 Å². The molecule has 5 rings (SSSR count). The second-order valence-electron chi connectivity index (χ2n) is 8.98. The number of hydrogen-bond donors (Lipinski definition) is 1. The van der Waals surface area contributed by atoms with Gasteiger partial charge in [0.25, 0.3) is 0 Å². The molecule has 0 amide bonds. The van der Waals surface area contributed by atoms with E-state index < -0.39 is 0 Å². The molecule has 2 aromatic carbocycles. The fraction of sp³-hybridized carbons (Fsp3) is 0.444. The maximum Gasteiger partial charge on any atom is 0.340 e. The van der Waals surface area contributed by atoms with Gasteiger partial charge in [0.1, 0.15) is 0 Å². The Morgan fingerprint density at radius 1 is 1.00 bits per heavy atom. The van der Waals surface area contributed by atoms with E-state index in [-0.39, 0.29) is 5.97 Å². The highest BCUT2D eigenvalue weighted by atomic mass is 16.5. The van der Waals surface area contributed by atoms with Gasteiger partial charge in [-0.1, -0.05) is 18.2 Å². The molecule has 31 heavy (non-hydrogen) atoms. The average Bonchev–Trinajstić information content (AvgIpc) is 3.08. The standard InChI is InChI=1S/C27H32N2O2/c1-3-31-27(30)26-22-13-12-19(15-23(22)29(2)24(26)16-28)25-20-10-6-4-8-17(20)14-18-9-5-7-11-21(18)25/h12-15H,3-11,16,28H2,1-2H3. The first kappa shape index (κ1) is 20.3. The van der Waals surface area contributed by atoms with Gasteiger partial charge in [0.15, 0.2) is 0 Å². The number of ether oxygens (including phenoxy) is 1. The largest absolute Gasteiger partial charge is 0.462 e. The highest BCUT2D eigenvalue weighted by molar-refractivity contribution is 6.07. The molecule has 2 aliphatic carbocycles. The first-order valence-electron chi connectivity index (χ1n) is 11.8. The Labute approximate surface area is 184 Å². The lowest BCUT2D eigenvalue weighted by Crippen LogP contribution is -2.12. The molecule has 2 aliphatic rings. The van der Waals surface area contributed by atoms with Crippen LogP contribution in [0, 0.1) is 0 Å². The maximum absolute atomic E-state index is 12.7. The van der Waals surface area contributed by atoms with Crippen LogP contribution >= 0.6 is 0 Å². The van der Waals surface area contributed by atoms with E-state index in [4.69, 9.17) is 10.5 Å². The zero-order valence-corrected chi connectivity index (χ0v) is 18.7. The van der Waals surface area contributed by atoms with Crippen molar-refractivity contribution in [2.45, 2.75) is 64.8 Å². The summed E-state index contributed by atoms with van der Waals surface area (Å²) >= 11 is 0. The Balaban J connectivity index is 1.74. The Hall–Kier alpha value is -2.59. The van der Waals surface area contributed by atoms with Crippen LogP contribution in [-0.4, -0.2) is 17.1 Å². The number of fused-ring (bicyclic) bond motifs is 3. The van der Waals surface area contributed by atoms with Crippen molar-refractivity contribution >= 4 is 16.9 Å². The molecule has 2 N–H and O–H groups in total. The van der Waals surface area contributed by atoms with Crippen LogP contribution in [0.1, 0.15) is 70.9 Å². The second kappa shape index (κ2) is 8.16. The maximum atomic E-state index is 12.7. The SMILES string of the molecule is CCOC(=O)c1c(CN)n(C)c2cc(-c3c4c(cc5c3CCCC5)CCCC4)ccc12. The normalized spacial score (nSPS) is 15.6. The molecule has 0 atom stereocenters. The smallest absolute Gasteiger partial charge is 0.340 e. The van der Waals surface area contributed by atoms with Crippen LogP contribution in [0.4, 0.5) is 0 Å². The number of esters is 1. The van der Waals surface area contributed by atoms with Crippen molar-refractivity contribution in [3.8, 4) is 11.1 Å². The lowest BCUT2D eigenvalue weighted by molar-refractivity contribution is 0.0527. The Kier molecular flexibility index (Phi) is 5.35. The van der Waals surface area contributed by atoms with Gasteiger partial charge in [-0.15, -0.1) is 0 Å². The number of carbonyl (C=O) groups is 1. The first-order chi connectivity index (χ1) is 15.1. The summed E-state index contributed by atoms with van der Waals surface area (Å²) in [6.07, 6.45) is 9.88. The molecule has 4 nitrogen and oxygen atoms in total. The van der Waals surface area contributed by atoms with Crippen LogP contribution in [0.15, 0.2) is 24.3 Å². The van der Waals surface area contributed by atoms with Crippen molar-refractivity contribution in [1.82, 2.24) is 4.57 Å². The molecule has 0 aliphatic heterocycles. The fourth-order valence-corrected chi connectivity index (χ4v) is 5.80. The lowest BCUT2D eigenvalue weighted by Gasteiger charge is -2.28. The molecule has 4 heteroatoms. The molecular weight excluding hydrogens is 384 g/mol. The van der Waals surface area contributed by atoms with Crippen molar-refractivity contribution in [1.29, 1.82) is 0 Å². The summed E-state index contributed by atoms with van der Waals surface area (Å²) in [5.74, 6) is -0.282. The predicted octanol–water partition coefficient (Wildman–Crippen LogP) is 5.24. The van der Waals surface area contributed by atoms with Gasteiger partial charge in [0, 0.05) is 30.2 Å². The summed E-state index contributed by atoms with van der Waals surface area (Å²) in [6.45, 7) is 2.51. The number of hydrogen-bond acceptors (Lipinski definition) is 3. The molecule has 1 heterocycles. The molecule has 0 spiro atoms. The number of nitrogens with two attached hydrogens (primary N) is 1. The van der Waals surface area contributed by atoms with E-state index in [2.05, 4.69) is 28.8 Å². The lowest BCUT2D eigenvalue weighted by atomic mass is 9.77. The van der Waals surface area contributed by atoms with Crippen molar-refractivity contribution in [3.63, 3.8) is 0 Å². The highest BCUT2D eigenvalue weighted by Gasteiger charge is 2.25. The Bertz CT molecular complexity index is 1140. The predicted molar refractivity (Wildman–Crippen MR) is 125 cm³/mol. The first-order valence-corrected chi connectivity index (χ1v) is 11.8. The average molecular weight is 417 g/mol. The third kappa shape index (κ3) is 3.28. The van der Waals surface area contributed by atoms with Gasteiger partial charge in [-0.2, -0.15) is 0 Å². The molecule has 0 radical (unpaired) electrons. The summed E-state index contributed by atoms with van der Waals surface area (Å²) in [5, 5.41) is 0.934. The van der Waals surface area contributed by atoms with Gasteiger partial charge in [-0.3, -0.25) is 0 Å². The van der Waals surface area contributed by atoms with Gasteiger partial charge in [-0.25, -0.2) is 4.79 Å². The molecule has 3 aromatic rings. The van der Waals surface area contributed by atoms with Crippen molar-refractivity contribution < 1.29 is 9.53 Å². The van der Waals surface area contributed by atoms with Crippen LogP contribution in [0.3, 0.4) is 0 Å². The molecule has 162 valence electrons. The van der Waals surface area contributed by atoms with E-state index in [0.717, 1.165) is 16.6 Å². The molecule has 0 fully saturated rings. The number of aromatic nitrogens is 1. The van der Waals surface area contributed by atoms with E-state index >= 15 is 0 Å². The van der Waals surface area contributed by atoms with Crippen molar-refractivity contribution in [2.24, 2.45) is 12.8 Å². The van der Waals surface area contributed by atoms with Crippen molar-refractivity contribution in [2.75, 3.05) is 6.61 Å². The fourth-order valence-electron chi connectivity index (χ4n) is 5.80. The number of rotatable bonds is 4. The number of benzene rings is 2. The molecule has 0 bridgehead atoms. The monoisotopic (exact) mass is 416 g/mol. The number of aryl methyl sites for hydroxylation is 3. The zero-order chi connectivity index (χ0) is 21.5. The van der Waals surface area contributed by atoms with Gasteiger partial charge in [-0.05, 0) is 97.7 Å². The minimum atomic E-state index is -0.282. The minimum absolute atomic E-state index is 0.282. The summed E-state index contributed by atoms with van der Waals surface area (Å²) in [5.41, 5.74) is 17.6. The van der Waals surface area contributed by atoms with Crippen LogP contribution < -0.4 is 5.73 Å². The van der Waals surface area contributed by atoms with Crippen LogP contribution in [0.5, 0.6) is 0 Å². The molecule has 0 saturated heterocycles. The molecule has 0 unspecified atom stereocenters. The van der Waals surface area contributed by atoms with E-state index in [1.54, 1.807) is 22.3 Å². The number of nitrogens with zero attached hydrogens (tertiary/aromatic N) is 1. The topological polar surface area (TPSA) is 57.2 Å². The summed E-state index contributed by atoms with van der Waals surface area (Å²) in [7, 11) is 2.01. The summed E-state index contributed by atoms with van der Waals surface area (Å²) in [6, 6.07) is 9.10. The van der Waals surface area contributed by atoms with Crippen LogP contribution in [0.25, 0.3) is 22.0 Å². The Morgan fingerprint density at radius 2 is 1.65 bits per heavy atom. The minimum Gasteiger partial charge on any atom is -0.462 e. The van der Waals surface area contributed by atoms with E-state index in [9.17, 15) is 4.79 Å². The third-order valence-electron chi connectivity index (χ3n) is 7.26. The molecule has 0 saturated carbocycles. The van der Waals surface area contributed by atoms with E-state index in [1.807, 2.05) is 14.0 Å². The quantitative estimate of drug-likeness (QED) is 0.592. The third-order valence-corrected chi connectivity index (χ3v) is 7.26. The van der Waals surface area contributed by atoms with Crippen LogP contribution in [0.2, 0.25) is 0 Å². The van der Waals surface area contributed by atoms with Crippen molar-refractivity contribution in [3.05, 3.63) is 57.8 Å². The second-order valence-corrected chi connectivity index (χ2v) is 8.98. The highest BCUT2D eigenvalue weighted by Crippen LogP contribution is 2.41. The van der Waals surface area contributed by atoms with Gasteiger partial charge < -0.3 is 15.0 Å². The number of carbonyl (C=O) groups excluding carboxylic acids is 1. The summed E-state index contributed by atoms with van der Waals surface area (Å²) in [4.78, 5) is 12.7. The molecule has 1 aromatic heterocycles. The van der Waals surface area contributed by atoms with Gasteiger partial charge in [0.05, 0.1) is 12.2 Å². The van der Waals surface area contributed by atoms with Crippen LogP contribution in [-0.2, 0) is 44.0 Å². The van der Waals surface area contributed by atoms with Gasteiger partial charge in [0.2, 0.25) is 0 Å². The Morgan fingerprint density at radius 3 is 2.26 bits per heavy atom. The molecular formula is C27H32N2O2. The van der Waals surface area contributed by atoms with E-state index in [0.29, 0.717) is 18.7 Å².